The van der Waals surface area contributed by atoms with Gasteiger partial charge in [0, 0.05) is 10.5 Å². The Kier molecular flexibility index (Phi) is 5.07. The van der Waals surface area contributed by atoms with Gasteiger partial charge in [-0.25, -0.2) is 0 Å². The van der Waals surface area contributed by atoms with Crippen LogP contribution in [0.15, 0.2) is 26.2 Å². The Morgan fingerprint density at radius 2 is 2.12 bits per heavy atom. The third kappa shape index (κ3) is 3.50. The van der Waals surface area contributed by atoms with Gasteiger partial charge in [-0.15, -0.1) is 0 Å². The molecule has 0 aliphatic rings. The molecule has 4 N–H and O–H groups in total. The van der Waals surface area contributed by atoms with Crippen molar-refractivity contribution in [1.29, 1.82) is 0 Å². The van der Waals surface area contributed by atoms with Crippen LogP contribution in [-0.2, 0) is 0 Å². The highest BCUT2D eigenvalue weighted by Gasteiger charge is 2.12. The number of oxime groups is 1. The summed E-state index contributed by atoms with van der Waals surface area (Å²) in [6.45, 7) is 1.79. The van der Waals surface area contributed by atoms with Crippen molar-refractivity contribution in [3.63, 3.8) is 0 Å². The molecule has 1 aromatic carbocycles. The summed E-state index contributed by atoms with van der Waals surface area (Å²) in [4.78, 5) is 0. The molecule has 0 bridgehead atoms. The smallest absolute Gasteiger partial charge is 0.161 e. The summed E-state index contributed by atoms with van der Waals surface area (Å²) in [5.74, 6) is 0.807. The largest absolute Gasteiger partial charge is 0.495 e. The fourth-order valence-electron chi connectivity index (χ4n) is 1.19. The molecule has 0 aromatic heterocycles. The minimum atomic E-state index is -0.290. The molecule has 1 unspecified atom stereocenters. The van der Waals surface area contributed by atoms with Crippen molar-refractivity contribution in [2.75, 3.05) is 12.4 Å². The summed E-state index contributed by atoms with van der Waals surface area (Å²) in [5, 5.41) is 14.6. The van der Waals surface area contributed by atoms with Crippen LogP contribution in [0.5, 0.6) is 5.75 Å². The van der Waals surface area contributed by atoms with Crippen LogP contribution in [0.1, 0.15) is 6.92 Å². The fraction of sp³-hybridized carbons (Fsp3) is 0.300. The number of amidine groups is 1. The molecule has 5 nitrogen and oxygen atoms in total. The van der Waals surface area contributed by atoms with Crippen molar-refractivity contribution >= 4 is 43.4 Å². The number of nitrogens with two attached hydrogens (primary N) is 1. The van der Waals surface area contributed by atoms with Gasteiger partial charge in [-0.2, -0.15) is 0 Å². The first-order valence-corrected chi connectivity index (χ1v) is 6.35. The maximum Gasteiger partial charge on any atom is 0.161 e. The predicted octanol–water partition coefficient (Wildman–Crippen LogP) is 2.77. The molecule has 0 fully saturated rings. The zero-order chi connectivity index (χ0) is 13.0. The number of ether oxygens (including phenoxy) is 1. The summed E-state index contributed by atoms with van der Waals surface area (Å²) in [5.41, 5.74) is 6.29. The van der Waals surface area contributed by atoms with Crippen molar-refractivity contribution in [3.05, 3.63) is 21.1 Å². The van der Waals surface area contributed by atoms with E-state index in [9.17, 15) is 0 Å². The van der Waals surface area contributed by atoms with E-state index in [-0.39, 0.29) is 11.9 Å². The molecule has 0 amide bonds. The SMILES string of the molecule is COc1cc(NC(C)/C(N)=N/O)c(Br)cc1Br. The van der Waals surface area contributed by atoms with Gasteiger partial charge in [0.2, 0.25) is 0 Å². The Bertz CT molecular complexity index is 438. The maximum atomic E-state index is 8.58. The minimum absolute atomic E-state index is 0.110. The van der Waals surface area contributed by atoms with Crippen molar-refractivity contribution in [2.45, 2.75) is 13.0 Å². The number of halogens is 2. The van der Waals surface area contributed by atoms with Crippen LogP contribution in [0.4, 0.5) is 5.69 Å². The van der Waals surface area contributed by atoms with Gasteiger partial charge >= 0.3 is 0 Å². The van der Waals surface area contributed by atoms with E-state index in [0.29, 0.717) is 5.75 Å². The number of rotatable bonds is 4. The van der Waals surface area contributed by atoms with Crippen molar-refractivity contribution in [3.8, 4) is 5.75 Å². The van der Waals surface area contributed by atoms with E-state index in [1.807, 2.05) is 12.1 Å². The molecule has 0 heterocycles. The third-order valence-corrected chi connectivity index (χ3v) is 3.45. The Hall–Kier alpha value is -0.950. The lowest BCUT2D eigenvalue weighted by Gasteiger charge is -2.16. The number of hydrogen-bond donors (Lipinski definition) is 3. The molecular formula is C10H13Br2N3O2. The average molecular weight is 367 g/mol. The van der Waals surface area contributed by atoms with Crippen LogP contribution in [0.2, 0.25) is 0 Å². The molecule has 0 saturated heterocycles. The Morgan fingerprint density at radius 3 is 2.65 bits per heavy atom. The number of nitrogens with zero attached hydrogens (tertiary/aromatic N) is 1. The normalized spacial score (nSPS) is 13.3. The number of anilines is 1. The number of nitrogens with one attached hydrogen (secondary N) is 1. The lowest BCUT2D eigenvalue weighted by atomic mass is 10.2. The van der Waals surface area contributed by atoms with Gasteiger partial charge in [-0.05, 0) is 44.8 Å². The van der Waals surface area contributed by atoms with Crippen LogP contribution in [0, 0.1) is 0 Å². The van der Waals surface area contributed by atoms with Gasteiger partial charge in [-0.1, -0.05) is 5.16 Å². The number of hydrogen-bond acceptors (Lipinski definition) is 4. The fourth-order valence-corrected chi connectivity index (χ4v) is 2.46. The van der Waals surface area contributed by atoms with Crippen molar-refractivity contribution in [1.82, 2.24) is 0 Å². The molecule has 0 aliphatic carbocycles. The first-order chi connectivity index (χ1) is 7.99. The highest BCUT2D eigenvalue weighted by Crippen LogP contribution is 2.34. The molecule has 0 radical (unpaired) electrons. The van der Waals surface area contributed by atoms with Gasteiger partial charge in [0.1, 0.15) is 5.75 Å². The molecule has 94 valence electrons. The predicted molar refractivity (Wildman–Crippen MR) is 74.9 cm³/mol. The van der Waals surface area contributed by atoms with E-state index >= 15 is 0 Å². The molecule has 0 aliphatic heterocycles. The minimum Gasteiger partial charge on any atom is -0.495 e. The lowest BCUT2D eigenvalue weighted by Crippen LogP contribution is -2.33. The molecule has 1 rings (SSSR count). The van der Waals surface area contributed by atoms with Gasteiger partial charge in [0.25, 0.3) is 0 Å². The lowest BCUT2D eigenvalue weighted by molar-refractivity contribution is 0.316. The van der Waals surface area contributed by atoms with E-state index in [2.05, 4.69) is 42.3 Å². The topological polar surface area (TPSA) is 79.9 Å². The molecule has 7 heteroatoms. The summed E-state index contributed by atoms with van der Waals surface area (Å²) >= 11 is 6.80. The summed E-state index contributed by atoms with van der Waals surface area (Å²) in [6, 6.07) is 3.39. The number of benzene rings is 1. The molecule has 1 atom stereocenters. The first-order valence-electron chi connectivity index (χ1n) is 4.76. The van der Waals surface area contributed by atoms with Crippen LogP contribution in [-0.4, -0.2) is 24.2 Å². The van der Waals surface area contributed by atoms with Gasteiger partial charge in [0.05, 0.1) is 23.3 Å². The van der Waals surface area contributed by atoms with Crippen LogP contribution in [0.3, 0.4) is 0 Å². The molecule has 0 spiro atoms. The zero-order valence-corrected chi connectivity index (χ0v) is 12.5. The molecule has 0 saturated carbocycles. The third-order valence-electron chi connectivity index (χ3n) is 2.17. The van der Waals surface area contributed by atoms with Crippen molar-refractivity contribution in [2.24, 2.45) is 10.9 Å². The summed E-state index contributed by atoms with van der Waals surface area (Å²) in [7, 11) is 1.59. The van der Waals surface area contributed by atoms with E-state index in [0.717, 1.165) is 14.6 Å². The summed E-state index contributed by atoms with van der Waals surface area (Å²) < 4.78 is 6.88. The first kappa shape index (κ1) is 14.1. The quantitative estimate of drug-likeness (QED) is 0.331. The Balaban J connectivity index is 2.99. The summed E-state index contributed by atoms with van der Waals surface area (Å²) in [6.07, 6.45) is 0. The highest BCUT2D eigenvalue weighted by molar-refractivity contribution is 9.11. The second kappa shape index (κ2) is 6.11. The Morgan fingerprint density at radius 1 is 1.47 bits per heavy atom. The van der Waals surface area contributed by atoms with Crippen molar-refractivity contribution < 1.29 is 9.94 Å². The van der Waals surface area contributed by atoms with E-state index in [1.165, 1.54) is 0 Å². The highest BCUT2D eigenvalue weighted by atomic mass is 79.9. The van der Waals surface area contributed by atoms with Gasteiger partial charge in [0.15, 0.2) is 5.84 Å². The molecule has 1 aromatic rings. The Labute approximate surface area is 116 Å². The standard InChI is InChI=1S/C10H13Br2N3O2/c1-5(10(13)15-16)14-8-4-9(17-2)7(12)3-6(8)11/h3-5,14,16H,1-2H3,(H2,13,15). The van der Waals surface area contributed by atoms with E-state index in [1.54, 1.807) is 14.0 Å². The van der Waals surface area contributed by atoms with E-state index < -0.39 is 0 Å². The van der Waals surface area contributed by atoms with Crippen LogP contribution >= 0.6 is 31.9 Å². The van der Waals surface area contributed by atoms with E-state index in [4.69, 9.17) is 15.7 Å². The second-order valence-corrected chi connectivity index (χ2v) is 5.07. The monoisotopic (exact) mass is 365 g/mol. The average Bonchev–Trinajstić information content (AvgIpc) is 2.31. The van der Waals surface area contributed by atoms with Crippen LogP contribution < -0.4 is 15.8 Å². The van der Waals surface area contributed by atoms with Gasteiger partial charge < -0.3 is 21.0 Å². The second-order valence-electron chi connectivity index (χ2n) is 3.36. The number of methoxy groups -OCH3 is 1. The van der Waals surface area contributed by atoms with Gasteiger partial charge in [-0.3, -0.25) is 0 Å². The molecule has 17 heavy (non-hydrogen) atoms. The maximum absolute atomic E-state index is 8.58. The zero-order valence-electron chi connectivity index (χ0n) is 9.37. The molecular weight excluding hydrogens is 354 g/mol. The van der Waals surface area contributed by atoms with Crippen LogP contribution in [0.25, 0.3) is 0 Å².